The summed E-state index contributed by atoms with van der Waals surface area (Å²) < 4.78 is 5.40. The molecule has 0 fully saturated rings. The fraction of sp³-hybridized carbons (Fsp3) is 0.333. The highest BCUT2D eigenvalue weighted by Crippen LogP contribution is 2.17. The second-order valence-electron chi connectivity index (χ2n) is 4.49. The van der Waals surface area contributed by atoms with Crippen molar-refractivity contribution >= 4 is 15.9 Å². The summed E-state index contributed by atoms with van der Waals surface area (Å²) in [4.78, 5) is 0. The molecule has 1 atom stereocenters. The van der Waals surface area contributed by atoms with E-state index in [2.05, 4.69) is 47.1 Å². The third-order valence-corrected chi connectivity index (χ3v) is 3.85. The number of hydrogen-bond acceptors (Lipinski definition) is 1. The van der Waals surface area contributed by atoms with Crippen molar-refractivity contribution in [2.24, 2.45) is 5.92 Å². The van der Waals surface area contributed by atoms with Crippen LogP contribution in [0, 0.1) is 12.8 Å². The van der Waals surface area contributed by atoms with E-state index < -0.39 is 0 Å². The van der Waals surface area contributed by atoms with Crippen LogP contribution in [-0.4, -0.2) is 5.33 Å². The van der Waals surface area contributed by atoms with E-state index in [-0.39, 0.29) is 0 Å². The first-order chi connectivity index (χ1) is 8.28. The van der Waals surface area contributed by atoms with Crippen LogP contribution in [0.15, 0.2) is 47.1 Å². The zero-order valence-electron chi connectivity index (χ0n) is 10.0. The molecule has 0 bridgehead atoms. The van der Waals surface area contributed by atoms with Crippen LogP contribution in [0.1, 0.15) is 16.9 Å². The molecule has 1 unspecified atom stereocenters. The number of hydrogen-bond donors (Lipinski definition) is 0. The van der Waals surface area contributed by atoms with Gasteiger partial charge >= 0.3 is 0 Å². The first-order valence-corrected chi connectivity index (χ1v) is 7.04. The summed E-state index contributed by atoms with van der Waals surface area (Å²) in [7, 11) is 0. The van der Waals surface area contributed by atoms with E-state index in [9.17, 15) is 0 Å². The molecule has 0 aliphatic heterocycles. The molecule has 0 saturated heterocycles. The van der Waals surface area contributed by atoms with E-state index in [1.807, 2.05) is 12.1 Å². The second-order valence-corrected chi connectivity index (χ2v) is 5.14. The molecule has 17 heavy (non-hydrogen) atoms. The van der Waals surface area contributed by atoms with Crippen LogP contribution in [-0.2, 0) is 12.8 Å². The van der Waals surface area contributed by atoms with Crippen LogP contribution in [0.5, 0.6) is 0 Å². The van der Waals surface area contributed by atoms with Gasteiger partial charge < -0.3 is 4.42 Å². The van der Waals surface area contributed by atoms with Crippen LogP contribution >= 0.6 is 15.9 Å². The molecular formula is C15H17BrO. The van der Waals surface area contributed by atoms with Gasteiger partial charge in [0.1, 0.15) is 5.76 Å². The van der Waals surface area contributed by atoms with E-state index in [0.717, 1.165) is 23.9 Å². The highest BCUT2D eigenvalue weighted by Gasteiger charge is 2.11. The molecule has 1 heterocycles. The number of benzene rings is 1. The lowest BCUT2D eigenvalue weighted by Gasteiger charge is -2.12. The molecule has 0 spiro atoms. The Morgan fingerprint density at radius 1 is 1.12 bits per heavy atom. The molecule has 0 saturated carbocycles. The molecular weight excluding hydrogens is 276 g/mol. The van der Waals surface area contributed by atoms with E-state index in [4.69, 9.17) is 4.42 Å². The summed E-state index contributed by atoms with van der Waals surface area (Å²) in [6.07, 6.45) is 3.82. The maximum Gasteiger partial charge on any atom is 0.104 e. The number of alkyl halides is 1. The minimum absolute atomic E-state index is 0.587. The Hall–Kier alpha value is -1.02. The third kappa shape index (κ3) is 3.74. The largest absolute Gasteiger partial charge is 0.469 e. The van der Waals surface area contributed by atoms with E-state index >= 15 is 0 Å². The van der Waals surface area contributed by atoms with Gasteiger partial charge in [0.05, 0.1) is 6.26 Å². The molecule has 1 aromatic carbocycles. The summed E-state index contributed by atoms with van der Waals surface area (Å²) in [6, 6.07) is 12.8. The van der Waals surface area contributed by atoms with Crippen molar-refractivity contribution in [2.75, 3.05) is 5.33 Å². The molecule has 0 aliphatic rings. The van der Waals surface area contributed by atoms with Crippen LogP contribution in [0.2, 0.25) is 0 Å². The molecule has 0 aliphatic carbocycles. The Kier molecular flexibility index (Phi) is 4.43. The molecule has 0 N–H and O–H groups in total. The van der Waals surface area contributed by atoms with Gasteiger partial charge in [0, 0.05) is 11.8 Å². The molecule has 0 amide bonds. The van der Waals surface area contributed by atoms with Gasteiger partial charge in [0.2, 0.25) is 0 Å². The van der Waals surface area contributed by atoms with Gasteiger partial charge in [0.25, 0.3) is 0 Å². The maximum atomic E-state index is 5.40. The van der Waals surface area contributed by atoms with Crippen LogP contribution < -0.4 is 0 Å². The standard InChI is InChI=1S/C15H17BrO/c1-12-4-6-13(7-5-12)9-14(11-16)10-15-3-2-8-17-15/h2-8,14H,9-11H2,1H3. The van der Waals surface area contributed by atoms with Crippen LogP contribution in [0.4, 0.5) is 0 Å². The average molecular weight is 293 g/mol. The summed E-state index contributed by atoms with van der Waals surface area (Å²) in [5.74, 6) is 1.66. The lowest BCUT2D eigenvalue weighted by molar-refractivity contribution is 0.460. The molecule has 0 radical (unpaired) electrons. The lowest BCUT2D eigenvalue weighted by Crippen LogP contribution is -2.09. The van der Waals surface area contributed by atoms with Crippen molar-refractivity contribution in [1.82, 2.24) is 0 Å². The van der Waals surface area contributed by atoms with Crippen molar-refractivity contribution in [3.05, 3.63) is 59.5 Å². The number of furan rings is 1. The quantitative estimate of drug-likeness (QED) is 0.745. The number of rotatable bonds is 5. The third-order valence-electron chi connectivity index (χ3n) is 2.93. The monoisotopic (exact) mass is 292 g/mol. The van der Waals surface area contributed by atoms with Gasteiger partial charge in [0.15, 0.2) is 0 Å². The maximum absolute atomic E-state index is 5.40. The Morgan fingerprint density at radius 3 is 2.47 bits per heavy atom. The number of aryl methyl sites for hydroxylation is 1. The normalized spacial score (nSPS) is 12.6. The highest BCUT2D eigenvalue weighted by molar-refractivity contribution is 9.09. The van der Waals surface area contributed by atoms with E-state index in [1.165, 1.54) is 11.1 Å². The van der Waals surface area contributed by atoms with E-state index in [1.54, 1.807) is 6.26 Å². The Balaban J connectivity index is 1.97. The first kappa shape index (κ1) is 12.4. The van der Waals surface area contributed by atoms with Gasteiger partial charge in [-0.05, 0) is 37.0 Å². The fourth-order valence-corrected chi connectivity index (χ4v) is 2.41. The van der Waals surface area contributed by atoms with Gasteiger partial charge in [-0.15, -0.1) is 0 Å². The topological polar surface area (TPSA) is 13.1 Å². The lowest BCUT2D eigenvalue weighted by atomic mass is 9.96. The van der Waals surface area contributed by atoms with Crippen molar-refractivity contribution in [2.45, 2.75) is 19.8 Å². The molecule has 1 nitrogen and oxygen atoms in total. The Bertz CT molecular complexity index is 430. The zero-order valence-corrected chi connectivity index (χ0v) is 11.6. The summed E-state index contributed by atoms with van der Waals surface area (Å²) in [5.41, 5.74) is 2.71. The van der Waals surface area contributed by atoms with Crippen molar-refractivity contribution in [1.29, 1.82) is 0 Å². The molecule has 90 valence electrons. The predicted molar refractivity (Wildman–Crippen MR) is 74.6 cm³/mol. The fourth-order valence-electron chi connectivity index (χ4n) is 1.95. The minimum Gasteiger partial charge on any atom is -0.469 e. The van der Waals surface area contributed by atoms with Crippen LogP contribution in [0.25, 0.3) is 0 Å². The number of halogens is 1. The average Bonchev–Trinajstić information content (AvgIpc) is 2.84. The molecule has 2 aromatic rings. The Morgan fingerprint density at radius 2 is 1.88 bits per heavy atom. The molecule has 1 aromatic heterocycles. The van der Waals surface area contributed by atoms with E-state index in [0.29, 0.717) is 5.92 Å². The summed E-state index contributed by atoms with van der Waals surface area (Å²) in [6.45, 7) is 2.12. The summed E-state index contributed by atoms with van der Waals surface area (Å²) in [5, 5.41) is 1.00. The summed E-state index contributed by atoms with van der Waals surface area (Å²) >= 11 is 3.59. The second kappa shape index (κ2) is 6.06. The first-order valence-electron chi connectivity index (χ1n) is 5.92. The zero-order chi connectivity index (χ0) is 12.1. The van der Waals surface area contributed by atoms with Gasteiger partial charge in [-0.1, -0.05) is 45.8 Å². The van der Waals surface area contributed by atoms with Gasteiger partial charge in [-0.3, -0.25) is 0 Å². The highest BCUT2D eigenvalue weighted by atomic mass is 79.9. The van der Waals surface area contributed by atoms with Crippen molar-refractivity contribution in [3.8, 4) is 0 Å². The van der Waals surface area contributed by atoms with Crippen molar-refractivity contribution in [3.63, 3.8) is 0 Å². The van der Waals surface area contributed by atoms with Gasteiger partial charge in [-0.25, -0.2) is 0 Å². The molecule has 2 heteroatoms. The SMILES string of the molecule is Cc1ccc(CC(CBr)Cc2ccco2)cc1. The minimum atomic E-state index is 0.587. The molecule has 2 rings (SSSR count). The van der Waals surface area contributed by atoms with Crippen molar-refractivity contribution < 1.29 is 4.42 Å². The van der Waals surface area contributed by atoms with Gasteiger partial charge in [-0.2, -0.15) is 0 Å². The predicted octanol–water partition coefficient (Wildman–Crippen LogP) is 4.38. The Labute approximate surface area is 111 Å². The smallest absolute Gasteiger partial charge is 0.104 e. The van der Waals surface area contributed by atoms with Crippen LogP contribution in [0.3, 0.4) is 0 Å².